The molecule has 176 valence electrons. The van der Waals surface area contributed by atoms with Gasteiger partial charge in [0.1, 0.15) is 11.5 Å². The molecule has 0 aliphatic rings. The number of carbonyl (C=O) groups is 2. The van der Waals surface area contributed by atoms with Gasteiger partial charge in [0.15, 0.2) is 6.61 Å². The van der Waals surface area contributed by atoms with Crippen LogP contribution in [0.3, 0.4) is 0 Å². The maximum Gasteiger partial charge on any atom is 0.345 e. The lowest BCUT2D eigenvalue weighted by Gasteiger charge is -2.10. The Kier molecular flexibility index (Phi) is 9.08. The van der Waals surface area contributed by atoms with Gasteiger partial charge >= 0.3 is 5.97 Å². The molecule has 0 fully saturated rings. The van der Waals surface area contributed by atoms with Gasteiger partial charge in [0.2, 0.25) is 0 Å². The molecule has 0 bridgehead atoms. The number of nitrogens with one attached hydrogen (secondary N) is 1. The maximum absolute atomic E-state index is 12.3. The van der Waals surface area contributed by atoms with Crippen LogP contribution in [-0.2, 0) is 4.79 Å². The van der Waals surface area contributed by atoms with Crippen molar-refractivity contribution in [1.82, 2.24) is 5.43 Å². The highest BCUT2D eigenvalue weighted by Crippen LogP contribution is 2.23. The minimum Gasteiger partial charge on any atom is -0.484 e. The molecular formula is C26H24Cl2N2O4. The number of rotatable bonds is 9. The summed E-state index contributed by atoms with van der Waals surface area (Å²) >= 11 is 11.9. The first kappa shape index (κ1) is 25.3. The molecule has 0 radical (unpaired) electrons. The van der Waals surface area contributed by atoms with Gasteiger partial charge in [-0.05, 0) is 78.1 Å². The van der Waals surface area contributed by atoms with Crippen LogP contribution in [0.2, 0.25) is 10.0 Å². The number of nitrogens with zero attached hydrogens (tertiary/aromatic N) is 1. The molecule has 3 rings (SSSR count). The number of carbonyl (C=O) groups excluding carboxylic acids is 2. The molecule has 0 spiro atoms. The Bertz CT molecular complexity index is 1160. The lowest BCUT2D eigenvalue weighted by Crippen LogP contribution is -2.24. The maximum atomic E-state index is 12.3. The Hall–Kier alpha value is -3.35. The fourth-order valence-corrected chi connectivity index (χ4v) is 3.41. The van der Waals surface area contributed by atoms with Crippen molar-refractivity contribution in [2.75, 3.05) is 6.61 Å². The van der Waals surface area contributed by atoms with Crippen molar-refractivity contribution in [3.63, 3.8) is 0 Å². The zero-order valence-electron chi connectivity index (χ0n) is 18.8. The molecule has 8 heteroatoms. The first-order chi connectivity index (χ1) is 16.4. The van der Waals surface area contributed by atoms with Gasteiger partial charge in [-0.1, -0.05) is 49.2 Å². The van der Waals surface area contributed by atoms with Crippen molar-refractivity contribution in [2.45, 2.75) is 26.2 Å². The smallest absolute Gasteiger partial charge is 0.345 e. The van der Waals surface area contributed by atoms with Crippen LogP contribution >= 0.6 is 23.2 Å². The molecule has 3 aromatic rings. The van der Waals surface area contributed by atoms with Crippen molar-refractivity contribution >= 4 is 41.3 Å². The van der Waals surface area contributed by atoms with Crippen LogP contribution in [0.25, 0.3) is 0 Å². The molecule has 0 aromatic heterocycles. The van der Waals surface area contributed by atoms with Gasteiger partial charge in [0.25, 0.3) is 5.91 Å². The van der Waals surface area contributed by atoms with Gasteiger partial charge < -0.3 is 9.47 Å². The summed E-state index contributed by atoms with van der Waals surface area (Å²) < 4.78 is 10.8. The van der Waals surface area contributed by atoms with Crippen LogP contribution in [0, 0.1) is 0 Å². The molecule has 0 aliphatic carbocycles. The largest absolute Gasteiger partial charge is 0.484 e. The lowest BCUT2D eigenvalue weighted by molar-refractivity contribution is -0.123. The van der Waals surface area contributed by atoms with Crippen molar-refractivity contribution in [1.29, 1.82) is 0 Å². The molecule has 1 N–H and O–H groups in total. The molecule has 0 saturated heterocycles. The van der Waals surface area contributed by atoms with Gasteiger partial charge in [-0.3, -0.25) is 4.79 Å². The predicted octanol–water partition coefficient (Wildman–Crippen LogP) is 6.26. The van der Waals surface area contributed by atoms with E-state index in [1.165, 1.54) is 23.9 Å². The second kappa shape index (κ2) is 12.2. The number of ether oxygens (including phenoxy) is 2. The van der Waals surface area contributed by atoms with E-state index >= 15 is 0 Å². The van der Waals surface area contributed by atoms with Gasteiger partial charge in [-0.15, -0.1) is 0 Å². The van der Waals surface area contributed by atoms with E-state index in [9.17, 15) is 9.59 Å². The van der Waals surface area contributed by atoms with Crippen LogP contribution in [0.5, 0.6) is 11.5 Å². The van der Waals surface area contributed by atoms with E-state index in [1.54, 1.807) is 30.3 Å². The summed E-state index contributed by atoms with van der Waals surface area (Å²) in [5.74, 6) is 0.466. The fourth-order valence-electron chi connectivity index (χ4n) is 2.93. The monoisotopic (exact) mass is 498 g/mol. The highest BCUT2D eigenvalue weighted by atomic mass is 35.5. The minimum absolute atomic E-state index is 0.151. The average molecular weight is 499 g/mol. The number of benzene rings is 3. The third-order valence-electron chi connectivity index (χ3n) is 5.08. The Morgan fingerprint density at radius 2 is 1.68 bits per heavy atom. The van der Waals surface area contributed by atoms with Crippen LogP contribution in [0.1, 0.15) is 47.7 Å². The molecule has 1 unspecified atom stereocenters. The van der Waals surface area contributed by atoms with E-state index in [-0.39, 0.29) is 23.1 Å². The Labute approximate surface area is 208 Å². The predicted molar refractivity (Wildman–Crippen MR) is 134 cm³/mol. The molecule has 34 heavy (non-hydrogen) atoms. The molecule has 0 aliphatic heterocycles. The SMILES string of the molecule is CCC(C)c1ccc(OCC(=O)NN=Cc2ccc(OC(=O)c3ccc(Cl)cc3Cl)cc2)cc1. The number of hydrogen-bond donors (Lipinski definition) is 1. The van der Waals surface area contributed by atoms with Crippen LogP contribution in [-0.4, -0.2) is 24.7 Å². The highest BCUT2D eigenvalue weighted by Gasteiger charge is 2.13. The topological polar surface area (TPSA) is 77.0 Å². The molecule has 0 saturated carbocycles. The van der Waals surface area contributed by atoms with Gasteiger partial charge in [-0.2, -0.15) is 5.10 Å². The average Bonchev–Trinajstić information content (AvgIpc) is 2.83. The molecule has 1 amide bonds. The molecule has 3 aromatic carbocycles. The molecule has 6 nitrogen and oxygen atoms in total. The zero-order valence-corrected chi connectivity index (χ0v) is 20.3. The summed E-state index contributed by atoms with van der Waals surface area (Å²) in [5, 5.41) is 4.56. The number of hydrogen-bond acceptors (Lipinski definition) is 5. The summed E-state index contributed by atoms with van der Waals surface area (Å²) in [6, 6.07) is 18.9. The Balaban J connectivity index is 1.45. The van der Waals surface area contributed by atoms with E-state index in [4.69, 9.17) is 32.7 Å². The van der Waals surface area contributed by atoms with Gasteiger partial charge in [0, 0.05) is 5.02 Å². The van der Waals surface area contributed by atoms with Crippen molar-refractivity contribution < 1.29 is 19.1 Å². The quantitative estimate of drug-likeness (QED) is 0.163. The second-order valence-corrected chi connectivity index (χ2v) is 8.39. The van der Waals surface area contributed by atoms with Crippen molar-refractivity contribution in [3.8, 4) is 11.5 Å². The summed E-state index contributed by atoms with van der Waals surface area (Å²) in [5.41, 5.74) is 4.56. The lowest BCUT2D eigenvalue weighted by atomic mass is 9.99. The van der Waals surface area contributed by atoms with Crippen LogP contribution < -0.4 is 14.9 Å². The third kappa shape index (κ3) is 7.33. The number of halogens is 2. The third-order valence-corrected chi connectivity index (χ3v) is 5.62. The van der Waals surface area contributed by atoms with E-state index in [2.05, 4.69) is 24.4 Å². The minimum atomic E-state index is -0.593. The first-order valence-electron chi connectivity index (χ1n) is 10.7. The molecule has 0 heterocycles. The van der Waals surface area contributed by atoms with Crippen LogP contribution in [0.15, 0.2) is 71.8 Å². The zero-order chi connectivity index (χ0) is 24.5. The van der Waals surface area contributed by atoms with E-state index in [0.717, 1.165) is 6.42 Å². The second-order valence-electron chi connectivity index (χ2n) is 7.54. The van der Waals surface area contributed by atoms with Crippen molar-refractivity contribution in [3.05, 3.63) is 93.5 Å². The standard InChI is InChI=1S/C26H24Cl2N2O4/c1-3-17(2)19-6-11-21(12-7-19)33-16-25(31)30-29-15-18-4-9-22(10-5-18)34-26(32)23-13-8-20(27)14-24(23)28/h4-15,17H,3,16H2,1-2H3,(H,30,31). The van der Waals surface area contributed by atoms with E-state index in [0.29, 0.717) is 28.0 Å². The first-order valence-corrected chi connectivity index (χ1v) is 11.4. The summed E-state index contributed by atoms with van der Waals surface area (Å²) in [6.07, 6.45) is 2.53. The number of amides is 1. The molecule has 1 atom stereocenters. The van der Waals surface area contributed by atoms with Crippen molar-refractivity contribution in [2.24, 2.45) is 5.10 Å². The Morgan fingerprint density at radius 3 is 2.32 bits per heavy atom. The van der Waals surface area contributed by atoms with E-state index in [1.807, 2.05) is 24.3 Å². The summed E-state index contributed by atoms with van der Waals surface area (Å²) in [4.78, 5) is 24.2. The fraction of sp³-hybridized carbons (Fsp3) is 0.192. The van der Waals surface area contributed by atoms with E-state index < -0.39 is 5.97 Å². The normalized spacial score (nSPS) is 11.8. The molecular weight excluding hydrogens is 475 g/mol. The Morgan fingerprint density at radius 1 is 1.00 bits per heavy atom. The van der Waals surface area contributed by atoms with Gasteiger partial charge in [0.05, 0.1) is 16.8 Å². The van der Waals surface area contributed by atoms with Crippen LogP contribution in [0.4, 0.5) is 0 Å². The highest BCUT2D eigenvalue weighted by molar-refractivity contribution is 6.36. The number of hydrazone groups is 1. The summed E-state index contributed by atoms with van der Waals surface area (Å²) in [7, 11) is 0. The van der Waals surface area contributed by atoms with Gasteiger partial charge in [-0.25, -0.2) is 10.2 Å². The summed E-state index contributed by atoms with van der Waals surface area (Å²) in [6.45, 7) is 4.16. The number of esters is 1.